The van der Waals surface area contributed by atoms with E-state index in [1.54, 1.807) is 0 Å². The summed E-state index contributed by atoms with van der Waals surface area (Å²) in [6.45, 7) is 3.66. The van der Waals surface area contributed by atoms with Crippen LogP contribution in [0.2, 0.25) is 0 Å². The fourth-order valence-corrected chi connectivity index (χ4v) is 1.54. The molecule has 0 aliphatic carbocycles. The van der Waals surface area contributed by atoms with Gasteiger partial charge in [-0.1, -0.05) is 19.9 Å². The van der Waals surface area contributed by atoms with Gasteiger partial charge in [0, 0.05) is 0 Å². The van der Waals surface area contributed by atoms with Crippen LogP contribution >= 0.6 is 0 Å². The van der Waals surface area contributed by atoms with Crippen LogP contribution in [0.15, 0.2) is 18.2 Å². The van der Waals surface area contributed by atoms with Gasteiger partial charge in [-0.2, -0.15) is 13.2 Å². The Morgan fingerprint density at radius 1 is 1.42 bits per heavy atom. The molecule has 19 heavy (non-hydrogen) atoms. The molecule has 106 valence electrons. The number of nitrogens with zero attached hydrogens (tertiary/aromatic N) is 1. The number of aromatic nitrogens is 1. The Hall–Kier alpha value is -1.79. The topological polar surface area (TPSA) is 62.2 Å². The molecular weight excluding hydrogens is 261 g/mol. The quantitative estimate of drug-likeness (QED) is 0.867. The first-order valence-corrected chi connectivity index (χ1v) is 5.73. The lowest BCUT2D eigenvalue weighted by atomic mass is 10.0. The molecule has 1 atom stereocenters. The number of carbonyl (C=O) groups is 1. The average Bonchev–Trinajstić information content (AvgIpc) is 2.26. The van der Waals surface area contributed by atoms with Crippen molar-refractivity contribution in [2.75, 3.05) is 5.32 Å². The summed E-state index contributed by atoms with van der Waals surface area (Å²) < 4.78 is 37.4. The number of nitrogens with one attached hydrogen (secondary N) is 1. The van der Waals surface area contributed by atoms with E-state index in [-0.39, 0.29) is 11.7 Å². The lowest BCUT2D eigenvalue weighted by Crippen LogP contribution is -2.31. The van der Waals surface area contributed by atoms with Crippen LogP contribution in [0.5, 0.6) is 0 Å². The zero-order chi connectivity index (χ0) is 14.6. The number of anilines is 1. The Morgan fingerprint density at radius 2 is 2.05 bits per heavy atom. The summed E-state index contributed by atoms with van der Waals surface area (Å²) in [5.74, 6) is -1.12. The molecule has 7 heteroatoms. The second-order valence-electron chi connectivity index (χ2n) is 4.57. The monoisotopic (exact) mass is 276 g/mol. The van der Waals surface area contributed by atoms with Gasteiger partial charge in [0.05, 0.1) is 0 Å². The molecular formula is C12H15F3N2O2. The third-order valence-electron chi connectivity index (χ3n) is 2.37. The van der Waals surface area contributed by atoms with Crippen molar-refractivity contribution in [3.05, 3.63) is 23.9 Å². The van der Waals surface area contributed by atoms with E-state index in [1.165, 1.54) is 12.1 Å². The van der Waals surface area contributed by atoms with E-state index in [0.29, 0.717) is 6.42 Å². The third-order valence-corrected chi connectivity index (χ3v) is 2.37. The van der Waals surface area contributed by atoms with Gasteiger partial charge in [0.1, 0.15) is 17.6 Å². The van der Waals surface area contributed by atoms with Gasteiger partial charge in [-0.3, -0.25) is 0 Å². The van der Waals surface area contributed by atoms with Crippen molar-refractivity contribution in [3.63, 3.8) is 0 Å². The molecule has 2 N–H and O–H groups in total. The summed E-state index contributed by atoms with van der Waals surface area (Å²) in [5, 5.41) is 11.5. The van der Waals surface area contributed by atoms with E-state index in [0.717, 1.165) is 6.07 Å². The molecule has 0 radical (unpaired) electrons. The highest BCUT2D eigenvalue weighted by molar-refractivity contribution is 5.76. The zero-order valence-corrected chi connectivity index (χ0v) is 10.5. The minimum Gasteiger partial charge on any atom is -0.480 e. The lowest BCUT2D eigenvalue weighted by molar-refractivity contribution is -0.141. The molecule has 0 aliphatic heterocycles. The van der Waals surface area contributed by atoms with Crippen LogP contribution in [-0.4, -0.2) is 22.1 Å². The normalized spacial score (nSPS) is 13.4. The van der Waals surface area contributed by atoms with Crippen molar-refractivity contribution in [2.45, 2.75) is 32.5 Å². The summed E-state index contributed by atoms with van der Waals surface area (Å²) >= 11 is 0. The molecule has 0 aromatic carbocycles. The predicted molar refractivity (Wildman–Crippen MR) is 63.7 cm³/mol. The number of hydrogen-bond acceptors (Lipinski definition) is 3. The molecule has 1 heterocycles. The van der Waals surface area contributed by atoms with Gasteiger partial charge in [-0.15, -0.1) is 0 Å². The predicted octanol–water partition coefficient (Wildman–Crippen LogP) is 3.01. The summed E-state index contributed by atoms with van der Waals surface area (Å²) in [6.07, 6.45) is -4.25. The molecule has 1 aromatic heterocycles. The maximum atomic E-state index is 12.5. The molecule has 0 spiro atoms. The third kappa shape index (κ3) is 4.76. The molecule has 1 aromatic rings. The van der Waals surface area contributed by atoms with E-state index >= 15 is 0 Å². The molecule has 0 amide bonds. The van der Waals surface area contributed by atoms with Crippen molar-refractivity contribution < 1.29 is 23.1 Å². The molecule has 0 fully saturated rings. The van der Waals surface area contributed by atoms with Crippen molar-refractivity contribution in [3.8, 4) is 0 Å². The second-order valence-corrected chi connectivity index (χ2v) is 4.57. The Kier molecular flexibility index (Phi) is 4.74. The Bertz CT molecular complexity index is 447. The summed E-state index contributed by atoms with van der Waals surface area (Å²) in [7, 11) is 0. The van der Waals surface area contributed by atoms with E-state index in [9.17, 15) is 18.0 Å². The largest absolute Gasteiger partial charge is 0.480 e. The van der Waals surface area contributed by atoms with Crippen molar-refractivity contribution in [2.24, 2.45) is 5.92 Å². The minimum atomic E-state index is -4.55. The number of aliphatic carboxylic acids is 1. The first-order chi connectivity index (χ1) is 8.70. The highest BCUT2D eigenvalue weighted by atomic mass is 19.4. The molecule has 0 aliphatic rings. The molecule has 0 saturated carbocycles. The SMILES string of the molecule is CC(C)C[C@H](Nc1cccc(C(F)(F)F)n1)C(=O)O. The molecule has 0 bridgehead atoms. The Labute approximate surface area is 108 Å². The molecule has 0 unspecified atom stereocenters. The number of carboxylic acids is 1. The smallest absolute Gasteiger partial charge is 0.433 e. The average molecular weight is 276 g/mol. The van der Waals surface area contributed by atoms with Gasteiger partial charge in [-0.25, -0.2) is 9.78 Å². The van der Waals surface area contributed by atoms with Gasteiger partial charge >= 0.3 is 12.1 Å². The number of pyridine rings is 1. The molecule has 0 saturated heterocycles. The fourth-order valence-electron chi connectivity index (χ4n) is 1.54. The van der Waals surface area contributed by atoms with Crippen LogP contribution in [-0.2, 0) is 11.0 Å². The van der Waals surface area contributed by atoms with Crippen molar-refractivity contribution in [1.82, 2.24) is 4.98 Å². The van der Waals surface area contributed by atoms with Crippen LogP contribution in [0.25, 0.3) is 0 Å². The van der Waals surface area contributed by atoms with E-state index in [4.69, 9.17) is 5.11 Å². The van der Waals surface area contributed by atoms with Gasteiger partial charge in [0.25, 0.3) is 0 Å². The van der Waals surface area contributed by atoms with Gasteiger partial charge in [-0.05, 0) is 24.5 Å². The second kappa shape index (κ2) is 5.90. The van der Waals surface area contributed by atoms with Gasteiger partial charge < -0.3 is 10.4 Å². The molecule has 1 rings (SSSR count). The highest BCUT2D eigenvalue weighted by Gasteiger charge is 2.32. The maximum absolute atomic E-state index is 12.5. The van der Waals surface area contributed by atoms with E-state index < -0.39 is 23.9 Å². The van der Waals surface area contributed by atoms with Crippen LogP contribution in [0.1, 0.15) is 26.0 Å². The number of hydrogen-bond donors (Lipinski definition) is 2. The molecule has 4 nitrogen and oxygen atoms in total. The van der Waals surface area contributed by atoms with Crippen molar-refractivity contribution >= 4 is 11.8 Å². The van der Waals surface area contributed by atoms with Crippen molar-refractivity contribution in [1.29, 1.82) is 0 Å². The number of halogens is 3. The summed E-state index contributed by atoms with van der Waals surface area (Å²) in [6, 6.07) is 2.37. The standard InChI is InChI=1S/C12H15F3N2O2/c1-7(2)6-8(11(18)19)16-10-5-3-4-9(17-10)12(13,14)15/h3-5,7-8H,6H2,1-2H3,(H,16,17)(H,18,19)/t8-/m0/s1. The lowest BCUT2D eigenvalue weighted by Gasteiger charge is -2.17. The maximum Gasteiger partial charge on any atom is 0.433 e. The van der Waals surface area contributed by atoms with Crippen LogP contribution in [0.3, 0.4) is 0 Å². The Balaban J connectivity index is 2.88. The fraction of sp³-hybridized carbons (Fsp3) is 0.500. The Morgan fingerprint density at radius 3 is 2.53 bits per heavy atom. The first kappa shape index (κ1) is 15.3. The highest BCUT2D eigenvalue weighted by Crippen LogP contribution is 2.28. The minimum absolute atomic E-state index is 0.0946. The number of alkyl halides is 3. The zero-order valence-electron chi connectivity index (χ0n) is 10.5. The van der Waals surface area contributed by atoms with E-state index in [1.807, 2.05) is 13.8 Å². The van der Waals surface area contributed by atoms with Crippen LogP contribution in [0.4, 0.5) is 19.0 Å². The van der Waals surface area contributed by atoms with Crippen LogP contribution < -0.4 is 5.32 Å². The summed E-state index contributed by atoms with van der Waals surface area (Å²) in [4.78, 5) is 14.4. The number of carboxylic acid groups (broad SMARTS) is 1. The number of rotatable bonds is 5. The van der Waals surface area contributed by atoms with Gasteiger partial charge in [0.2, 0.25) is 0 Å². The van der Waals surface area contributed by atoms with E-state index in [2.05, 4.69) is 10.3 Å². The van der Waals surface area contributed by atoms with Gasteiger partial charge in [0.15, 0.2) is 0 Å². The summed E-state index contributed by atoms with van der Waals surface area (Å²) in [5.41, 5.74) is -1.05. The first-order valence-electron chi connectivity index (χ1n) is 5.73. The van der Waals surface area contributed by atoms with Crippen LogP contribution in [0, 0.1) is 5.92 Å².